The van der Waals surface area contributed by atoms with Crippen molar-refractivity contribution < 1.29 is 0 Å². The first-order valence-electron chi connectivity index (χ1n) is 10.5. The van der Waals surface area contributed by atoms with Crippen LogP contribution in [0, 0.1) is 12.8 Å². The zero-order chi connectivity index (χ0) is 19.7. The van der Waals surface area contributed by atoms with E-state index in [1.807, 2.05) is 12.1 Å². The highest BCUT2D eigenvalue weighted by Gasteiger charge is 2.33. The molecule has 1 saturated carbocycles. The minimum absolute atomic E-state index is 0.297. The van der Waals surface area contributed by atoms with Gasteiger partial charge in [-0.3, -0.25) is 4.90 Å². The Kier molecular flexibility index (Phi) is 6.20. The predicted molar refractivity (Wildman–Crippen MR) is 121 cm³/mol. The Morgan fingerprint density at radius 1 is 0.893 bits per heavy atom. The number of hydrogen-bond acceptors (Lipinski definition) is 2. The highest BCUT2D eigenvalue weighted by Crippen LogP contribution is 2.38. The lowest BCUT2D eigenvalue weighted by atomic mass is 9.86. The molecule has 0 aromatic heterocycles. The monoisotopic (exact) mass is 416 g/mol. The number of anilines is 1. The Labute approximate surface area is 179 Å². The quantitative estimate of drug-likeness (QED) is 0.545. The van der Waals surface area contributed by atoms with Crippen LogP contribution in [0.1, 0.15) is 49.8 Å². The van der Waals surface area contributed by atoms with Gasteiger partial charge in [0.2, 0.25) is 0 Å². The van der Waals surface area contributed by atoms with Crippen LogP contribution in [-0.2, 0) is 0 Å². The van der Waals surface area contributed by atoms with E-state index in [4.69, 9.17) is 23.2 Å². The van der Waals surface area contributed by atoms with Gasteiger partial charge in [0.05, 0.1) is 16.8 Å². The average molecular weight is 417 g/mol. The zero-order valence-electron chi connectivity index (χ0n) is 16.9. The highest BCUT2D eigenvalue weighted by atomic mass is 35.5. The van der Waals surface area contributed by atoms with Crippen LogP contribution in [-0.4, -0.2) is 30.6 Å². The lowest BCUT2D eigenvalue weighted by molar-refractivity contribution is 0.116. The standard InChI is InChI=1S/C24H30Cl2N2/c1-17-3-10-21(11-4-17)27-13-14-28(23-12-5-18(2)15-22(23)26)24(16-27)19-6-8-20(25)9-7-19/h5-9,12,15,17,21,24H,3-4,10-11,13-14,16H2,1-2H3. The third kappa shape index (κ3) is 4.35. The first kappa shape index (κ1) is 20.1. The molecular weight excluding hydrogens is 387 g/mol. The van der Waals surface area contributed by atoms with Crippen molar-refractivity contribution in [2.75, 3.05) is 24.5 Å². The summed E-state index contributed by atoms with van der Waals surface area (Å²) >= 11 is 12.8. The van der Waals surface area contributed by atoms with Crippen LogP contribution in [0.2, 0.25) is 10.0 Å². The van der Waals surface area contributed by atoms with Crippen molar-refractivity contribution in [1.82, 2.24) is 4.90 Å². The van der Waals surface area contributed by atoms with Crippen molar-refractivity contribution in [3.63, 3.8) is 0 Å². The molecule has 28 heavy (non-hydrogen) atoms. The van der Waals surface area contributed by atoms with Gasteiger partial charge >= 0.3 is 0 Å². The summed E-state index contributed by atoms with van der Waals surface area (Å²) in [4.78, 5) is 5.22. The molecule has 1 aliphatic heterocycles. The van der Waals surface area contributed by atoms with Crippen LogP contribution in [0.5, 0.6) is 0 Å². The summed E-state index contributed by atoms with van der Waals surface area (Å²) in [6, 6.07) is 15.8. The first-order chi connectivity index (χ1) is 13.5. The van der Waals surface area contributed by atoms with Crippen LogP contribution >= 0.6 is 23.2 Å². The van der Waals surface area contributed by atoms with E-state index >= 15 is 0 Å². The molecule has 2 aromatic rings. The van der Waals surface area contributed by atoms with Crippen molar-refractivity contribution in [2.45, 2.75) is 51.6 Å². The van der Waals surface area contributed by atoms with Gasteiger partial charge in [-0.15, -0.1) is 0 Å². The Balaban J connectivity index is 1.62. The number of aryl methyl sites for hydroxylation is 1. The largest absolute Gasteiger partial charge is 0.361 e. The van der Waals surface area contributed by atoms with Crippen molar-refractivity contribution in [2.24, 2.45) is 5.92 Å². The Hall–Kier alpha value is -1.22. The zero-order valence-corrected chi connectivity index (χ0v) is 18.4. The van der Waals surface area contributed by atoms with Crippen LogP contribution in [0.4, 0.5) is 5.69 Å². The molecule has 4 heteroatoms. The summed E-state index contributed by atoms with van der Waals surface area (Å²) in [7, 11) is 0. The van der Waals surface area contributed by atoms with Crippen LogP contribution in [0.15, 0.2) is 42.5 Å². The molecule has 0 amide bonds. The van der Waals surface area contributed by atoms with Gasteiger partial charge in [-0.05, 0) is 73.9 Å². The summed E-state index contributed by atoms with van der Waals surface area (Å²) in [5.74, 6) is 0.885. The van der Waals surface area contributed by atoms with E-state index in [9.17, 15) is 0 Å². The molecule has 0 bridgehead atoms. The maximum Gasteiger partial charge on any atom is 0.0670 e. The molecule has 2 aromatic carbocycles. The normalized spacial score (nSPS) is 26.4. The molecule has 1 aliphatic carbocycles. The Morgan fingerprint density at radius 3 is 2.29 bits per heavy atom. The van der Waals surface area contributed by atoms with Crippen LogP contribution in [0.25, 0.3) is 0 Å². The molecule has 0 N–H and O–H groups in total. The molecule has 2 nitrogen and oxygen atoms in total. The Morgan fingerprint density at radius 2 is 1.61 bits per heavy atom. The summed E-state index contributed by atoms with van der Waals surface area (Å²) in [6.45, 7) is 7.64. The molecule has 150 valence electrons. The molecule has 1 atom stereocenters. The number of piperazine rings is 1. The third-order valence-corrected chi connectivity index (χ3v) is 7.14. The second-order valence-electron chi connectivity index (χ2n) is 8.62. The van der Waals surface area contributed by atoms with E-state index < -0.39 is 0 Å². The molecule has 0 spiro atoms. The topological polar surface area (TPSA) is 6.48 Å². The molecular formula is C24H30Cl2N2. The van der Waals surface area contributed by atoms with E-state index in [2.05, 4.69) is 54.0 Å². The second kappa shape index (κ2) is 8.65. The minimum Gasteiger partial charge on any atom is -0.361 e. The van der Waals surface area contributed by atoms with Gasteiger partial charge in [-0.1, -0.05) is 48.3 Å². The SMILES string of the molecule is Cc1ccc(N2CCN(C3CCC(C)CC3)CC2c2ccc(Cl)cc2)c(Cl)c1. The minimum atomic E-state index is 0.297. The number of halogens is 2. The van der Waals surface area contributed by atoms with Gasteiger partial charge in [-0.25, -0.2) is 0 Å². The van der Waals surface area contributed by atoms with E-state index in [1.165, 1.54) is 36.8 Å². The maximum absolute atomic E-state index is 6.67. The lowest BCUT2D eigenvalue weighted by Crippen LogP contribution is -2.52. The van der Waals surface area contributed by atoms with E-state index in [0.29, 0.717) is 6.04 Å². The highest BCUT2D eigenvalue weighted by molar-refractivity contribution is 6.33. The fraction of sp³-hybridized carbons (Fsp3) is 0.500. The van der Waals surface area contributed by atoms with Crippen LogP contribution < -0.4 is 4.90 Å². The van der Waals surface area contributed by atoms with Gasteiger partial charge in [0.25, 0.3) is 0 Å². The number of benzene rings is 2. The molecule has 0 radical (unpaired) electrons. The number of rotatable bonds is 3. The fourth-order valence-electron chi connectivity index (χ4n) is 4.85. The predicted octanol–water partition coefficient (Wildman–Crippen LogP) is 6.74. The van der Waals surface area contributed by atoms with Gasteiger partial charge < -0.3 is 4.90 Å². The molecule has 1 unspecified atom stereocenters. The van der Waals surface area contributed by atoms with E-state index in [0.717, 1.165) is 47.3 Å². The fourth-order valence-corrected chi connectivity index (χ4v) is 5.32. The molecule has 2 aliphatic rings. The smallest absolute Gasteiger partial charge is 0.0670 e. The lowest BCUT2D eigenvalue weighted by Gasteiger charge is -2.47. The van der Waals surface area contributed by atoms with Crippen molar-refractivity contribution in [3.05, 3.63) is 63.6 Å². The average Bonchev–Trinajstić information content (AvgIpc) is 2.69. The van der Waals surface area contributed by atoms with Crippen LogP contribution in [0.3, 0.4) is 0 Å². The molecule has 4 rings (SSSR count). The maximum atomic E-state index is 6.67. The summed E-state index contributed by atoms with van der Waals surface area (Å²) in [5.41, 5.74) is 3.66. The third-order valence-electron chi connectivity index (χ3n) is 6.58. The molecule has 2 fully saturated rings. The van der Waals surface area contributed by atoms with Crippen molar-refractivity contribution in [3.8, 4) is 0 Å². The van der Waals surface area contributed by atoms with Gasteiger partial charge in [0.15, 0.2) is 0 Å². The molecule has 1 heterocycles. The second-order valence-corrected chi connectivity index (χ2v) is 9.47. The van der Waals surface area contributed by atoms with Gasteiger partial charge in [-0.2, -0.15) is 0 Å². The molecule has 1 saturated heterocycles. The van der Waals surface area contributed by atoms with E-state index in [-0.39, 0.29) is 0 Å². The van der Waals surface area contributed by atoms with E-state index in [1.54, 1.807) is 0 Å². The summed E-state index contributed by atoms with van der Waals surface area (Å²) < 4.78 is 0. The van der Waals surface area contributed by atoms with Gasteiger partial charge in [0, 0.05) is 30.7 Å². The van der Waals surface area contributed by atoms with Gasteiger partial charge in [0.1, 0.15) is 0 Å². The number of hydrogen-bond donors (Lipinski definition) is 0. The number of nitrogens with zero attached hydrogens (tertiary/aromatic N) is 2. The Bertz CT molecular complexity index is 797. The summed E-state index contributed by atoms with van der Waals surface area (Å²) in [6.07, 6.45) is 5.39. The van der Waals surface area contributed by atoms with Crippen molar-refractivity contribution in [1.29, 1.82) is 0 Å². The van der Waals surface area contributed by atoms with Crippen molar-refractivity contribution >= 4 is 28.9 Å². The first-order valence-corrected chi connectivity index (χ1v) is 11.3. The summed E-state index contributed by atoms with van der Waals surface area (Å²) in [5, 5.41) is 1.64.